The first-order chi connectivity index (χ1) is 6.65. The van der Waals surface area contributed by atoms with Crippen molar-refractivity contribution < 1.29 is 19.4 Å². The summed E-state index contributed by atoms with van der Waals surface area (Å²) in [6, 6.07) is 0. The number of carbonyl (C=O) groups excluding carboxylic acids is 1. The monoisotopic (exact) mass is 200 g/mol. The highest BCUT2D eigenvalue weighted by molar-refractivity contribution is 5.79. The van der Waals surface area contributed by atoms with Crippen LogP contribution in [-0.2, 0) is 14.3 Å². The fourth-order valence-electron chi connectivity index (χ4n) is 2.61. The lowest BCUT2D eigenvalue weighted by Gasteiger charge is -2.48. The molecule has 0 spiro atoms. The predicted molar refractivity (Wildman–Crippen MR) is 48.7 cm³/mol. The van der Waals surface area contributed by atoms with Gasteiger partial charge in [0.1, 0.15) is 11.0 Å². The highest BCUT2D eigenvalue weighted by atomic mass is 16.6. The van der Waals surface area contributed by atoms with Crippen LogP contribution < -0.4 is 0 Å². The third-order valence-electron chi connectivity index (χ3n) is 3.61. The van der Waals surface area contributed by atoms with Crippen molar-refractivity contribution in [1.82, 2.24) is 0 Å². The van der Waals surface area contributed by atoms with Gasteiger partial charge in [-0.15, -0.1) is 0 Å². The Balaban J connectivity index is 2.25. The average Bonchev–Trinajstić information content (AvgIpc) is 2.63. The summed E-state index contributed by atoms with van der Waals surface area (Å²) in [6.45, 7) is 0.532. The van der Waals surface area contributed by atoms with Crippen molar-refractivity contribution in [1.29, 1.82) is 0 Å². The van der Waals surface area contributed by atoms with E-state index in [9.17, 15) is 9.90 Å². The van der Waals surface area contributed by atoms with E-state index in [1.54, 1.807) is 0 Å². The zero-order chi connectivity index (χ0) is 10.2. The predicted octanol–water partition coefficient (Wildman–Crippen LogP) is 0.481. The van der Waals surface area contributed by atoms with E-state index in [0.717, 1.165) is 25.7 Å². The third-order valence-corrected chi connectivity index (χ3v) is 3.61. The van der Waals surface area contributed by atoms with E-state index in [2.05, 4.69) is 0 Å². The van der Waals surface area contributed by atoms with Gasteiger partial charge >= 0.3 is 5.97 Å². The van der Waals surface area contributed by atoms with Crippen LogP contribution in [0.25, 0.3) is 0 Å². The number of hydrogen-bond acceptors (Lipinski definition) is 4. The molecule has 2 fully saturated rings. The van der Waals surface area contributed by atoms with Crippen LogP contribution in [0, 0.1) is 5.41 Å². The summed E-state index contributed by atoms with van der Waals surface area (Å²) in [6.07, 6.45) is 3.41. The van der Waals surface area contributed by atoms with Gasteiger partial charge < -0.3 is 14.6 Å². The summed E-state index contributed by atoms with van der Waals surface area (Å²) < 4.78 is 9.82. The third kappa shape index (κ3) is 1.10. The van der Waals surface area contributed by atoms with Crippen LogP contribution in [0.4, 0.5) is 0 Å². The Morgan fingerprint density at radius 3 is 2.29 bits per heavy atom. The van der Waals surface area contributed by atoms with E-state index >= 15 is 0 Å². The molecule has 4 nitrogen and oxygen atoms in total. The molecule has 0 bridgehead atoms. The second-order valence-corrected chi connectivity index (χ2v) is 4.31. The topological polar surface area (TPSA) is 55.8 Å². The van der Waals surface area contributed by atoms with Gasteiger partial charge in [-0.05, 0) is 12.8 Å². The fourth-order valence-corrected chi connectivity index (χ4v) is 2.61. The van der Waals surface area contributed by atoms with Crippen LogP contribution in [0.1, 0.15) is 25.7 Å². The highest BCUT2D eigenvalue weighted by Crippen LogP contribution is 2.50. The maximum atomic E-state index is 11.7. The molecule has 0 amide bonds. The van der Waals surface area contributed by atoms with Gasteiger partial charge in [0.2, 0.25) is 0 Å². The summed E-state index contributed by atoms with van der Waals surface area (Å²) in [7, 11) is 1.38. The van der Waals surface area contributed by atoms with Crippen molar-refractivity contribution >= 4 is 5.97 Å². The summed E-state index contributed by atoms with van der Waals surface area (Å²) >= 11 is 0. The molecule has 80 valence electrons. The number of carbonyl (C=O) groups is 1. The number of esters is 1. The molecule has 14 heavy (non-hydrogen) atoms. The van der Waals surface area contributed by atoms with Gasteiger partial charge in [-0.25, -0.2) is 0 Å². The summed E-state index contributed by atoms with van der Waals surface area (Å²) in [5.74, 6) is -0.277. The van der Waals surface area contributed by atoms with Gasteiger partial charge in [0.05, 0.1) is 20.3 Å². The van der Waals surface area contributed by atoms with E-state index < -0.39 is 11.0 Å². The van der Waals surface area contributed by atoms with Crippen LogP contribution >= 0.6 is 0 Å². The molecule has 1 saturated carbocycles. The van der Waals surface area contributed by atoms with Crippen LogP contribution in [0.5, 0.6) is 0 Å². The molecular weight excluding hydrogens is 184 g/mol. The number of methoxy groups -OCH3 is 1. The van der Waals surface area contributed by atoms with E-state index in [1.165, 1.54) is 7.11 Å². The van der Waals surface area contributed by atoms with Crippen molar-refractivity contribution in [2.45, 2.75) is 31.3 Å². The second kappa shape index (κ2) is 3.21. The first kappa shape index (κ1) is 9.93. The van der Waals surface area contributed by atoms with Crippen molar-refractivity contribution in [2.75, 3.05) is 20.3 Å². The lowest BCUT2D eigenvalue weighted by molar-refractivity contribution is -0.244. The molecule has 0 aromatic rings. The Labute approximate surface area is 83.2 Å². The van der Waals surface area contributed by atoms with Crippen LogP contribution in [0.15, 0.2) is 0 Å². The Kier molecular flexibility index (Phi) is 2.27. The summed E-state index contributed by atoms with van der Waals surface area (Å²) in [5, 5.41) is 10.2. The Bertz CT molecular complexity index is 239. The smallest absolute Gasteiger partial charge is 0.314 e. The maximum Gasteiger partial charge on any atom is 0.314 e. The standard InChI is InChI=1S/C10H16O4/c1-13-8(11)9(4-2-3-5-9)10(12)6-14-7-10/h12H,2-7H2,1H3. The number of hydrogen-bond donors (Lipinski definition) is 1. The Hall–Kier alpha value is -0.610. The number of aliphatic hydroxyl groups is 1. The molecule has 2 rings (SSSR count). The van der Waals surface area contributed by atoms with Gasteiger partial charge in [0.15, 0.2) is 0 Å². The van der Waals surface area contributed by atoms with E-state index in [4.69, 9.17) is 9.47 Å². The molecule has 2 aliphatic rings. The Morgan fingerprint density at radius 2 is 1.93 bits per heavy atom. The van der Waals surface area contributed by atoms with Gasteiger partial charge in [-0.3, -0.25) is 4.79 Å². The number of rotatable bonds is 2. The molecule has 1 saturated heterocycles. The minimum atomic E-state index is -0.976. The minimum Gasteiger partial charge on any atom is -0.469 e. The molecular formula is C10H16O4. The fraction of sp³-hybridized carbons (Fsp3) is 0.900. The lowest BCUT2D eigenvalue weighted by Crippen LogP contribution is -2.64. The molecule has 1 N–H and O–H groups in total. The molecule has 0 aromatic heterocycles. The molecule has 1 heterocycles. The molecule has 0 unspecified atom stereocenters. The summed E-state index contributed by atoms with van der Waals surface area (Å²) in [4.78, 5) is 11.7. The van der Waals surface area contributed by atoms with E-state index in [1.807, 2.05) is 0 Å². The van der Waals surface area contributed by atoms with Gasteiger partial charge in [-0.2, -0.15) is 0 Å². The van der Waals surface area contributed by atoms with E-state index in [0.29, 0.717) is 0 Å². The van der Waals surface area contributed by atoms with Crippen LogP contribution in [0.2, 0.25) is 0 Å². The normalized spacial score (nSPS) is 28.1. The molecule has 0 aromatic carbocycles. The van der Waals surface area contributed by atoms with Crippen LogP contribution in [-0.4, -0.2) is 37.0 Å². The van der Waals surface area contributed by atoms with Crippen molar-refractivity contribution in [3.05, 3.63) is 0 Å². The minimum absolute atomic E-state index is 0.266. The van der Waals surface area contributed by atoms with Gasteiger partial charge in [0.25, 0.3) is 0 Å². The highest BCUT2D eigenvalue weighted by Gasteiger charge is 2.61. The largest absolute Gasteiger partial charge is 0.469 e. The summed E-state index contributed by atoms with van der Waals surface area (Å²) in [5.41, 5.74) is -1.67. The van der Waals surface area contributed by atoms with Crippen LogP contribution in [0.3, 0.4) is 0 Å². The molecule has 0 radical (unpaired) electrons. The first-order valence-electron chi connectivity index (χ1n) is 5.03. The lowest BCUT2D eigenvalue weighted by atomic mass is 9.69. The van der Waals surface area contributed by atoms with E-state index in [-0.39, 0.29) is 19.2 Å². The maximum absolute atomic E-state index is 11.7. The number of ether oxygens (including phenoxy) is 2. The molecule has 1 aliphatic heterocycles. The molecule has 1 aliphatic carbocycles. The zero-order valence-corrected chi connectivity index (χ0v) is 8.41. The van der Waals surface area contributed by atoms with Gasteiger partial charge in [-0.1, -0.05) is 12.8 Å². The van der Waals surface area contributed by atoms with Crippen molar-refractivity contribution in [2.24, 2.45) is 5.41 Å². The SMILES string of the molecule is COC(=O)C1(C2(O)COC2)CCCC1. The molecule has 0 atom stereocenters. The average molecular weight is 200 g/mol. The second-order valence-electron chi connectivity index (χ2n) is 4.31. The quantitative estimate of drug-likeness (QED) is 0.659. The van der Waals surface area contributed by atoms with Crippen molar-refractivity contribution in [3.8, 4) is 0 Å². The first-order valence-corrected chi connectivity index (χ1v) is 5.03. The Morgan fingerprint density at radius 1 is 1.36 bits per heavy atom. The zero-order valence-electron chi connectivity index (χ0n) is 8.41. The van der Waals surface area contributed by atoms with Gasteiger partial charge in [0, 0.05) is 0 Å². The van der Waals surface area contributed by atoms with Crippen molar-refractivity contribution in [3.63, 3.8) is 0 Å². The molecule has 4 heteroatoms.